The van der Waals surface area contributed by atoms with E-state index >= 15 is 0 Å². The zero-order valence-corrected chi connectivity index (χ0v) is 15.1. The minimum absolute atomic E-state index is 0.0427. The lowest BCUT2D eigenvalue weighted by Gasteiger charge is -2.08. The normalized spacial score (nSPS) is 14.2. The lowest BCUT2D eigenvalue weighted by atomic mass is 10.1. The average Bonchev–Trinajstić information content (AvgIpc) is 2.89. The van der Waals surface area contributed by atoms with Gasteiger partial charge in [-0.25, -0.2) is 4.79 Å². The molecule has 0 saturated heterocycles. The molecule has 27 heavy (non-hydrogen) atoms. The van der Waals surface area contributed by atoms with Gasteiger partial charge in [-0.15, -0.1) is 0 Å². The van der Waals surface area contributed by atoms with E-state index < -0.39 is 17.5 Å². The lowest BCUT2D eigenvalue weighted by Crippen LogP contribution is -2.12. The Morgan fingerprint density at radius 2 is 1.33 bits per heavy atom. The van der Waals surface area contributed by atoms with Crippen LogP contribution >= 0.6 is 0 Å². The first-order valence-corrected chi connectivity index (χ1v) is 8.50. The Labute approximate surface area is 157 Å². The third-order valence-corrected chi connectivity index (χ3v) is 4.38. The number of ether oxygens (including phenoxy) is 1. The topological polar surface area (TPSA) is 60.4 Å². The van der Waals surface area contributed by atoms with E-state index in [1.165, 1.54) is 6.08 Å². The number of allylic oxidation sites excluding steroid dienone is 4. The van der Waals surface area contributed by atoms with Crippen LogP contribution in [0.2, 0.25) is 0 Å². The maximum atomic E-state index is 12.5. The molecule has 2 aromatic rings. The van der Waals surface area contributed by atoms with E-state index in [0.29, 0.717) is 16.7 Å². The van der Waals surface area contributed by atoms with Crippen molar-refractivity contribution in [3.8, 4) is 0 Å². The standard InChI is InChI=1S/C23H18O4/c1-15-16(2)22(25)20(21(15)24)19(14-13-17-9-5-3-6-10-17)27-23(26)18-11-7-4-8-12-18/h3-14H,1-2H3. The van der Waals surface area contributed by atoms with E-state index in [1.54, 1.807) is 50.3 Å². The predicted octanol–water partition coefficient (Wildman–Crippen LogP) is 4.30. The van der Waals surface area contributed by atoms with E-state index in [9.17, 15) is 14.4 Å². The van der Waals surface area contributed by atoms with Crippen molar-refractivity contribution in [3.05, 3.63) is 100 Å². The molecule has 0 fully saturated rings. The first-order valence-electron chi connectivity index (χ1n) is 8.50. The van der Waals surface area contributed by atoms with Crippen molar-refractivity contribution >= 4 is 23.6 Å². The van der Waals surface area contributed by atoms with Crippen molar-refractivity contribution in [3.63, 3.8) is 0 Å². The molecule has 1 aliphatic carbocycles. The van der Waals surface area contributed by atoms with Gasteiger partial charge in [-0.1, -0.05) is 54.6 Å². The summed E-state index contributed by atoms with van der Waals surface area (Å²) in [4.78, 5) is 37.5. The number of esters is 1. The lowest BCUT2D eigenvalue weighted by molar-refractivity contribution is -0.116. The van der Waals surface area contributed by atoms with Crippen LogP contribution in [0.15, 0.2) is 89.2 Å². The van der Waals surface area contributed by atoms with Gasteiger partial charge in [-0.2, -0.15) is 0 Å². The summed E-state index contributed by atoms with van der Waals surface area (Å²) in [6.45, 7) is 3.19. The summed E-state index contributed by atoms with van der Waals surface area (Å²) >= 11 is 0. The van der Waals surface area contributed by atoms with Crippen LogP contribution in [0.5, 0.6) is 0 Å². The van der Waals surface area contributed by atoms with Crippen LogP contribution in [-0.2, 0) is 14.3 Å². The highest BCUT2D eigenvalue weighted by Crippen LogP contribution is 2.28. The number of hydrogen-bond donors (Lipinski definition) is 0. The van der Waals surface area contributed by atoms with E-state index in [0.717, 1.165) is 5.56 Å². The molecule has 4 nitrogen and oxygen atoms in total. The highest BCUT2D eigenvalue weighted by Gasteiger charge is 2.34. The minimum atomic E-state index is -0.626. The molecule has 0 aromatic heterocycles. The molecule has 0 radical (unpaired) electrons. The molecule has 0 atom stereocenters. The second kappa shape index (κ2) is 7.79. The summed E-state index contributed by atoms with van der Waals surface area (Å²) in [6.07, 6.45) is 3.19. The van der Waals surface area contributed by atoms with Gasteiger partial charge < -0.3 is 4.74 Å². The third-order valence-electron chi connectivity index (χ3n) is 4.38. The third kappa shape index (κ3) is 3.85. The smallest absolute Gasteiger partial charge is 0.343 e. The number of carbonyl (C=O) groups excluding carboxylic acids is 3. The van der Waals surface area contributed by atoms with Gasteiger partial charge in [0.2, 0.25) is 0 Å². The molecule has 0 unspecified atom stereocenters. The number of hydrogen-bond acceptors (Lipinski definition) is 4. The summed E-state index contributed by atoms with van der Waals surface area (Å²) in [5.41, 5.74) is 1.82. The Morgan fingerprint density at radius 3 is 1.89 bits per heavy atom. The summed E-state index contributed by atoms with van der Waals surface area (Å²) in [6, 6.07) is 17.8. The van der Waals surface area contributed by atoms with Crippen LogP contribution < -0.4 is 0 Å². The molecular formula is C23H18O4. The van der Waals surface area contributed by atoms with E-state index in [2.05, 4.69) is 0 Å². The van der Waals surface area contributed by atoms with Crippen LogP contribution in [0.25, 0.3) is 6.08 Å². The molecule has 0 saturated carbocycles. The highest BCUT2D eigenvalue weighted by molar-refractivity contribution is 6.38. The van der Waals surface area contributed by atoms with Gasteiger partial charge in [-0.3, -0.25) is 9.59 Å². The maximum Gasteiger partial charge on any atom is 0.343 e. The molecule has 0 aliphatic heterocycles. The summed E-state index contributed by atoms with van der Waals surface area (Å²) in [5.74, 6) is -1.49. The van der Waals surface area contributed by atoms with Crippen molar-refractivity contribution in [1.82, 2.24) is 0 Å². The van der Waals surface area contributed by atoms with Crippen molar-refractivity contribution in [2.24, 2.45) is 0 Å². The molecule has 0 spiro atoms. The monoisotopic (exact) mass is 358 g/mol. The molecule has 4 heteroatoms. The molecule has 0 N–H and O–H groups in total. The molecule has 0 amide bonds. The van der Waals surface area contributed by atoms with Crippen molar-refractivity contribution in [2.75, 3.05) is 0 Å². The number of ketones is 2. The Hall–Kier alpha value is -3.53. The fourth-order valence-electron chi connectivity index (χ4n) is 2.68. The zero-order valence-electron chi connectivity index (χ0n) is 15.1. The van der Waals surface area contributed by atoms with Gasteiger partial charge in [0.05, 0.1) is 5.56 Å². The van der Waals surface area contributed by atoms with Gasteiger partial charge in [0, 0.05) is 11.1 Å². The maximum absolute atomic E-state index is 12.5. The molecule has 1 aliphatic rings. The number of Topliss-reactive ketones (excluding diaryl/α,β-unsaturated/α-hetero) is 2. The Kier molecular flexibility index (Phi) is 5.27. The van der Waals surface area contributed by atoms with Crippen LogP contribution in [0.3, 0.4) is 0 Å². The Bertz CT molecular complexity index is 967. The van der Waals surface area contributed by atoms with Crippen LogP contribution in [0, 0.1) is 0 Å². The van der Waals surface area contributed by atoms with Crippen LogP contribution in [-0.4, -0.2) is 17.5 Å². The highest BCUT2D eigenvalue weighted by atomic mass is 16.5. The van der Waals surface area contributed by atoms with Gasteiger partial charge in [0.1, 0.15) is 11.3 Å². The predicted molar refractivity (Wildman–Crippen MR) is 103 cm³/mol. The quantitative estimate of drug-likeness (QED) is 0.354. The first kappa shape index (κ1) is 18.3. The van der Waals surface area contributed by atoms with Gasteiger partial charge in [0.25, 0.3) is 0 Å². The molecule has 134 valence electrons. The van der Waals surface area contributed by atoms with E-state index in [4.69, 9.17) is 4.74 Å². The molecule has 3 rings (SSSR count). The fourth-order valence-corrected chi connectivity index (χ4v) is 2.68. The SMILES string of the molecule is CC1=C(C)C(=O)C(=C(C=Cc2ccccc2)OC(=O)c2ccccc2)C1=O. The van der Waals surface area contributed by atoms with Crippen molar-refractivity contribution in [2.45, 2.75) is 13.8 Å². The number of rotatable bonds is 4. The molecule has 0 bridgehead atoms. The van der Waals surface area contributed by atoms with Crippen LogP contribution in [0.4, 0.5) is 0 Å². The fraction of sp³-hybridized carbons (Fsp3) is 0.0870. The second-order valence-electron chi connectivity index (χ2n) is 6.15. The van der Waals surface area contributed by atoms with Gasteiger partial charge in [-0.05, 0) is 37.6 Å². The van der Waals surface area contributed by atoms with Crippen molar-refractivity contribution in [1.29, 1.82) is 0 Å². The van der Waals surface area contributed by atoms with Crippen molar-refractivity contribution < 1.29 is 19.1 Å². The molecule has 2 aromatic carbocycles. The minimum Gasteiger partial charge on any atom is -0.422 e. The number of benzene rings is 2. The largest absolute Gasteiger partial charge is 0.422 e. The van der Waals surface area contributed by atoms with Gasteiger partial charge >= 0.3 is 5.97 Å². The Balaban J connectivity index is 2.01. The zero-order chi connectivity index (χ0) is 19.4. The van der Waals surface area contributed by atoms with Crippen LogP contribution in [0.1, 0.15) is 29.8 Å². The average molecular weight is 358 g/mol. The summed E-state index contributed by atoms with van der Waals surface area (Å²) < 4.78 is 5.47. The van der Waals surface area contributed by atoms with E-state index in [-0.39, 0.29) is 11.3 Å². The summed E-state index contributed by atoms with van der Waals surface area (Å²) in [5, 5.41) is 0. The summed E-state index contributed by atoms with van der Waals surface area (Å²) in [7, 11) is 0. The second-order valence-corrected chi connectivity index (χ2v) is 6.15. The molecular weight excluding hydrogens is 340 g/mol. The Morgan fingerprint density at radius 1 is 0.815 bits per heavy atom. The van der Waals surface area contributed by atoms with Gasteiger partial charge in [0.15, 0.2) is 11.6 Å². The first-order chi connectivity index (χ1) is 13.0. The number of carbonyl (C=O) groups is 3. The van der Waals surface area contributed by atoms with E-state index in [1.807, 2.05) is 30.3 Å². The molecule has 0 heterocycles.